The van der Waals surface area contributed by atoms with Gasteiger partial charge in [0.15, 0.2) is 12.4 Å². The zero-order valence-corrected chi connectivity index (χ0v) is 15.1. The number of carbonyl (C=O) groups is 2. The van der Waals surface area contributed by atoms with E-state index in [1.165, 1.54) is 0 Å². The maximum absolute atomic E-state index is 12.6. The van der Waals surface area contributed by atoms with E-state index in [1.54, 1.807) is 19.1 Å². The van der Waals surface area contributed by atoms with Crippen LogP contribution in [0.2, 0.25) is 0 Å². The third-order valence-electron chi connectivity index (χ3n) is 4.24. The summed E-state index contributed by atoms with van der Waals surface area (Å²) in [4.78, 5) is 31.0. The Balaban J connectivity index is 1.55. The van der Waals surface area contributed by atoms with Crippen molar-refractivity contribution in [2.75, 3.05) is 6.54 Å². The van der Waals surface area contributed by atoms with E-state index in [-0.39, 0.29) is 18.0 Å². The van der Waals surface area contributed by atoms with Gasteiger partial charge in [0.05, 0.1) is 6.61 Å². The van der Waals surface area contributed by atoms with Crippen molar-refractivity contribution in [1.29, 1.82) is 0 Å². The lowest BCUT2D eigenvalue weighted by Gasteiger charge is -2.11. The summed E-state index contributed by atoms with van der Waals surface area (Å²) < 4.78 is 47.7. The fourth-order valence-corrected chi connectivity index (χ4v) is 2.82. The van der Waals surface area contributed by atoms with Crippen LogP contribution in [0.5, 0.6) is 0 Å². The number of fused-ring (bicyclic) bond motifs is 1. The van der Waals surface area contributed by atoms with Crippen LogP contribution in [0.15, 0.2) is 24.4 Å². The summed E-state index contributed by atoms with van der Waals surface area (Å²) in [6.07, 6.45) is -3.72. The molecule has 0 spiro atoms. The molecule has 0 saturated carbocycles. The van der Waals surface area contributed by atoms with Crippen LogP contribution in [-0.2, 0) is 33.6 Å². The number of alkyl halides is 3. The second kappa shape index (κ2) is 8.17. The number of esters is 1. The smallest absolute Gasteiger partial charge is 0.456 e. The minimum absolute atomic E-state index is 0.239. The van der Waals surface area contributed by atoms with Gasteiger partial charge in [-0.05, 0) is 35.6 Å². The number of halogens is 3. The van der Waals surface area contributed by atoms with E-state index in [4.69, 9.17) is 9.39 Å². The fourth-order valence-electron chi connectivity index (χ4n) is 2.82. The number of rotatable bonds is 5. The van der Waals surface area contributed by atoms with E-state index >= 15 is 0 Å². The van der Waals surface area contributed by atoms with Crippen LogP contribution in [0.25, 0.3) is 0 Å². The molecule has 2 aromatic rings. The SMILES string of the molecule is Cc1c(C(=O)NCC(=O)OCc2nccc(C(F)(F)F)n2)ccc2c1B(O)OC2. The number of ether oxygens (including phenoxy) is 1. The molecule has 0 radical (unpaired) electrons. The first-order valence-electron chi connectivity index (χ1n) is 8.42. The number of amides is 1. The molecule has 0 saturated heterocycles. The van der Waals surface area contributed by atoms with Gasteiger partial charge in [0, 0.05) is 11.8 Å². The molecule has 1 amide bonds. The van der Waals surface area contributed by atoms with Gasteiger partial charge in [0.1, 0.15) is 12.2 Å². The van der Waals surface area contributed by atoms with Crippen LogP contribution in [0.1, 0.15) is 33.0 Å². The van der Waals surface area contributed by atoms with E-state index in [0.29, 0.717) is 17.1 Å². The van der Waals surface area contributed by atoms with E-state index in [1.807, 2.05) is 0 Å². The van der Waals surface area contributed by atoms with Gasteiger partial charge >= 0.3 is 19.3 Å². The number of hydrogen-bond acceptors (Lipinski definition) is 7. The number of nitrogens with zero attached hydrogens (tertiary/aromatic N) is 2. The van der Waals surface area contributed by atoms with Gasteiger partial charge in [0.25, 0.3) is 5.91 Å². The van der Waals surface area contributed by atoms with E-state index in [9.17, 15) is 27.8 Å². The van der Waals surface area contributed by atoms with Gasteiger partial charge in [-0.2, -0.15) is 13.2 Å². The lowest BCUT2D eigenvalue weighted by atomic mass is 9.75. The molecule has 8 nitrogen and oxygen atoms in total. The summed E-state index contributed by atoms with van der Waals surface area (Å²) in [5.41, 5.74) is 0.914. The summed E-state index contributed by atoms with van der Waals surface area (Å²) in [7, 11) is -1.12. The molecule has 3 rings (SSSR count). The zero-order chi connectivity index (χ0) is 21.2. The van der Waals surface area contributed by atoms with Crippen LogP contribution < -0.4 is 10.8 Å². The Bertz CT molecular complexity index is 954. The van der Waals surface area contributed by atoms with Gasteiger partial charge in [-0.25, -0.2) is 9.97 Å². The first-order valence-corrected chi connectivity index (χ1v) is 8.42. The summed E-state index contributed by atoms with van der Waals surface area (Å²) in [6, 6.07) is 3.90. The van der Waals surface area contributed by atoms with Gasteiger partial charge in [-0.1, -0.05) is 6.07 Å². The molecule has 29 heavy (non-hydrogen) atoms. The summed E-state index contributed by atoms with van der Waals surface area (Å²) in [5.74, 6) is -1.76. The molecular formula is C17H15BF3N3O5. The van der Waals surface area contributed by atoms with Crippen LogP contribution in [-0.4, -0.2) is 40.5 Å². The van der Waals surface area contributed by atoms with Crippen LogP contribution in [0.3, 0.4) is 0 Å². The Hall–Kier alpha value is -2.99. The molecule has 0 fully saturated rings. The molecule has 0 unspecified atom stereocenters. The monoisotopic (exact) mass is 409 g/mol. The molecule has 12 heteroatoms. The Kier molecular flexibility index (Phi) is 5.85. The Morgan fingerprint density at radius 1 is 1.34 bits per heavy atom. The average molecular weight is 409 g/mol. The van der Waals surface area contributed by atoms with Gasteiger partial charge in [-0.3, -0.25) is 9.59 Å². The predicted octanol–water partition coefficient (Wildman–Crippen LogP) is 0.495. The van der Waals surface area contributed by atoms with Crippen molar-refractivity contribution in [1.82, 2.24) is 15.3 Å². The third-order valence-corrected chi connectivity index (χ3v) is 4.24. The minimum atomic E-state index is -4.64. The number of benzene rings is 1. The molecule has 2 heterocycles. The maximum Gasteiger partial charge on any atom is 0.492 e. The standard InChI is InChI=1S/C17H15BF3N3O5/c1-9-11(3-2-10-7-29-18(27)15(9)10)16(26)23-6-14(25)28-8-13-22-5-4-12(24-13)17(19,20)21/h2-5,27H,6-8H2,1H3,(H,23,26). The molecular weight excluding hydrogens is 394 g/mol. The average Bonchev–Trinajstić information content (AvgIpc) is 3.06. The molecule has 1 aromatic carbocycles. The summed E-state index contributed by atoms with van der Waals surface area (Å²) in [6.45, 7) is 0.811. The van der Waals surface area contributed by atoms with Crippen molar-refractivity contribution < 1.29 is 37.2 Å². The molecule has 0 atom stereocenters. The maximum atomic E-state index is 12.6. The Morgan fingerprint density at radius 2 is 2.10 bits per heavy atom. The third kappa shape index (κ3) is 4.71. The molecule has 0 aliphatic carbocycles. The molecule has 1 aliphatic heterocycles. The van der Waals surface area contributed by atoms with Crippen molar-refractivity contribution >= 4 is 24.5 Å². The predicted molar refractivity (Wildman–Crippen MR) is 92.7 cm³/mol. The number of aromatic nitrogens is 2. The number of carbonyl (C=O) groups excluding carboxylic acids is 2. The quantitative estimate of drug-likeness (QED) is 0.547. The highest BCUT2D eigenvalue weighted by Gasteiger charge is 2.33. The Labute approximate surface area is 163 Å². The summed E-state index contributed by atoms with van der Waals surface area (Å²) in [5, 5.41) is 12.2. The summed E-state index contributed by atoms with van der Waals surface area (Å²) >= 11 is 0. The van der Waals surface area contributed by atoms with Crippen LogP contribution in [0.4, 0.5) is 13.2 Å². The second-order valence-electron chi connectivity index (χ2n) is 6.17. The van der Waals surface area contributed by atoms with Crippen molar-refractivity contribution in [3.05, 3.63) is 52.6 Å². The largest absolute Gasteiger partial charge is 0.492 e. The molecule has 1 aliphatic rings. The highest BCUT2D eigenvalue weighted by molar-refractivity contribution is 6.62. The van der Waals surface area contributed by atoms with Crippen molar-refractivity contribution in [2.24, 2.45) is 0 Å². The molecule has 152 valence electrons. The van der Waals surface area contributed by atoms with Gasteiger partial charge < -0.3 is 19.7 Å². The molecule has 2 N–H and O–H groups in total. The fraction of sp³-hybridized carbons (Fsp3) is 0.294. The topological polar surface area (TPSA) is 111 Å². The lowest BCUT2D eigenvalue weighted by Crippen LogP contribution is -2.35. The lowest BCUT2D eigenvalue weighted by molar-refractivity contribution is -0.144. The number of hydrogen-bond donors (Lipinski definition) is 2. The van der Waals surface area contributed by atoms with E-state index in [0.717, 1.165) is 11.8 Å². The normalized spacial score (nSPS) is 13.2. The van der Waals surface area contributed by atoms with Crippen molar-refractivity contribution in [3.63, 3.8) is 0 Å². The zero-order valence-electron chi connectivity index (χ0n) is 15.1. The minimum Gasteiger partial charge on any atom is -0.456 e. The van der Waals surface area contributed by atoms with E-state index < -0.39 is 44.0 Å². The van der Waals surface area contributed by atoms with Crippen molar-refractivity contribution in [3.8, 4) is 0 Å². The van der Waals surface area contributed by atoms with Crippen LogP contribution >= 0.6 is 0 Å². The number of nitrogens with one attached hydrogen (secondary N) is 1. The second-order valence-corrected chi connectivity index (χ2v) is 6.17. The highest BCUT2D eigenvalue weighted by atomic mass is 19.4. The van der Waals surface area contributed by atoms with E-state index in [2.05, 4.69) is 15.3 Å². The van der Waals surface area contributed by atoms with Gasteiger partial charge in [0.2, 0.25) is 0 Å². The van der Waals surface area contributed by atoms with Gasteiger partial charge in [-0.15, -0.1) is 0 Å². The molecule has 1 aromatic heterocycles. The molecule has 0 bridgehead atoms. The van der Waals surface area contributed by atoms with Crippen molar-refractivity contribution in [2.45, 2.75) is 26.3 Å². The first-order chi connectivity index (χ1) is 13.7. The van der Waals surface area contributed by atoms with Crippen LogP contribution in [0, 0.1) is 6.92 Å². The first kappa shape index (κ1) is 20.7. The highest BCUT2D eigenvalue weighted by Crippen LogP contribution is 2.27. The Morgan fingerprint density at radius 3 is 2.83 bits per heavy atom.